The monoisotopic (exact) mass is 247 g/mol. The Bertz CT molecular complexity index is 584. The highest BCUT2D eigenvalue weighted by molar-refractivity contribution is 6.33. The maximum atomic E-state index is 11.1. The van der Waals surface area contributed by atoms with Gasteiger partial charge in [0.15, 0.2) is 6.29 Å². The van der Waals surface area contributed by atoms with Crippen molar-refractivity contribution in [3.8, 4) is 11.3 Å². The Morgan fingerprint density at radius 1 is 1.24 bits per heavy atom. The maximum Gasteiger partial charge on any atom is 0.152 e. The van der Waals surface area contributed by atoms with Crippen LogP contribution in [0.1, 0.15) is 21.6 Å². The van der Waals surface area contributed by atoms with Crippen molar-refractivity contribution in [2.75, 3.05) is 0 Å². The van der Waals surface area contributed by atoms with Gasteiger partial charge in [0.05, 0.1) is 5.69 Å². The summed E-state index contributed by atoms with van der Waals surface area (Å²) < 4.78 is 2.01. The Labute approximate surface area is 106 Å². The fourth-order valence-electron chi connectivity index (χ4n) is 2.21. The first-order valence-corrected chi connectivity index (χ1v) is 5.81. The number of hydrogen-bond acceptors (Lipinski definition) is 1. The molecule has 0 fully saturated rings. The lowest BCUT2D eigenvalue weighted by molar-refractivity contribution is 0.112. The van der Waals surface area contributed by atoms with Gasteiger partial charge in [-0.2, -0.15) is 0 Å². The Kier molecular flexibility index (Phi) is 3.07. The number of rotatable bonds is 2. The van der Waals surface area contributed by atoms with Crippen molar-refractivity contribution >= 4 is 17.9 Å². The Morgan fingerprint density at radius 2 is 1.88 bits per heavy atom. The molecule has 0 bridgehead atoms. The van der Waals surface area contributed by atoms with Crippen LogP contribution in [-0.4, -0.2) is 10.9 Å². The summed E-state index contributed by atoms with van der Waals surface area (Å²) in [5.74, 6) is 0. The van der Waals surface area contributed by atoms with Gasteiger partial charge >= 0.3 is 0 Å². The number of carbonyl (C=O) groups excluding carboxylic acids is 1. The number of hydrogen-bond donors (Lipinski definition) is 0. The van der Waals surface area contributed by atoms with E-state index >= 15 is 0 Å². The van der Waals surface area contributed by atoms with Crippen LogP contribution >= 0.6 is 11.6 Å². The molecule has 0 amide bonds. The van der Waals surface area contributed by atoms with Crippen LogP contribution < -0.4 is 0 Å². The van der Waals surface area contributed by atoms with Crippen molar-refractivity contribution in [3.63, 3.8) is 0 Å². The Hall–Kier alpha value is -1.54. The second kappa shape index (κ2) is 4.38. The van der Waals surface area contributed by atoms with E-state index in [-0.39, 0.29) is 0 Å². The highest BCUT2D eigenvalue weighted by atomic mass is 35.5. The molecule has 0 spiro atoms. The van der Waals surface area contributed by atoms with Gasteiger partial charge in [0.2, 0.25) is 0 Å². The molecule has 0 saturated heterocycles. The molecule has 0 aliphatic carbocycles. The third kappa shape index (κ3) is 1.79. The molecule has 0 radical (unpaired) electrons. The van der Waals surface area contributed by atoms with Gasteiger partial charge in [-0.3, -0.25) is 4.79 Å². The summed E-state index contributed by atoms with van der Waals surface area (Å²) in [6, 6.07) is 7.68. The molecule has 88 valence electrons. The molecular formula is C14H14ClNO. The molecule has 2 rings (SSSR count). The highest BCUT2D eigenvalue weighted by Crippen LogP contribution is 2.33. The number of aldehydes is 1. The minimum Gasteiger partial charge on any atom is -0.347 e. The van der Waals surface area contributed by atoms with Crippen LogP contribution in [-0.2, 0) is 7.05 Å². The van der Waals surface area contributed by atoms with Crippen molar-refractivity contribution in [3.05, 3.63) is 46.1 Å². The molecular weight excluding hydrogens is 234 g/mol. The van der Waals surface area contributed by atoms with E-state index in [1.807, 2.05) is 49.7 Å². The minimum absolute atomic E-state index is 0.702. The normalized spacial score (nSPS) is 10.6. The number of nitrogens with zero attached hydrogens (tertiary/aromatic N) is 1. The van der Waals surface area contributed by atoms with Crippen molar-refractivity contribution in [2.45, 2.75) is 13.8 Å². The third-order valence-corrected chi connectivity index (χ3v) is 3.56. The third-order valence-electron chi connectivity index (χ3n) is 3.23. The summed E-state index contributed by atoms with van der Waals surface area (Å²) in [5, 5.41) is 0.702. The van der Waals surface area contributed by atoms with Crippen LogP contribution in [0.25, 0.3) is 11.3 Å². The van der Waals surface area contributed by atoms with Gasteiger partial charge in [0.1, 0.15) is 0 Å². The van der Waals surface area contributed by atoms with E-state index in [9.17, 15) is 4.79 Å². The first-order valence-electron chi connectivity index (χ1n) is 5.44. The SMILES string of the molecule is Cc1c(C=O)c(C)n(C)c1-c1ccccc1Cl. The van der Waals surface area contributed by atoms with Crippen LogP contribution in [0.3, 0.4) is 0 Å². The van der Waals surface area contributed by atoms with Gasteiger partial charge in [-0.25, -0.2) is 0 Å². The van der Waals surface area contributed by atoms with Gasteiger partial charge < -0.3 is 4.57 Å². The summed E-state index contributed by atoms with van der Waals surface area (Å²) in [6.07, 6.45) is 0.908. The summed E-state index contributed by atoms with van der Waals surface area (Å²) in [7, 11) is 1.95. The topological polar surface area (TPSA) is 22.0 Å². The first kappa shape index (κ1) is 11.9. The second-order valence-electron chi connectivity index (χ2n) is 4.13. The van der Waals surface area contributed by atoms with Crippen LogP contribution in [0.4, 0.5) is 0 Å². The molecule has 1 heterocycles. The molecule has 0 aliphatic rings. The van der Waals surface area contributed by atoms with E-state index in [4.69, 9.17) is 11.6 Å². The largest absolute Gasteiger partial charge is 0.347 e. The van der Waals surface area contributed by atoms with Gasteiger partial charge in [0.25, 0.3) is 0 Å². The average molecular weight is 248 g/mol. The predicted molar refractivity (Wildman–Crippen MR) is 70.7 cm³/mol. The van der Waals surface area contributed by atoms with E-state index in [1.165, 1.54) is 0 Å². The van der Waals surface area contributed by atoms with Crippen LogP contribution in [0.5, 0.6) is 0 Å². The summed E-state index contributed by atoms with van der Waals surface area (Å²) in [6.45, 7) is 3.90. The van der Waals surface area contributed by atoms with Gasteiger partial charge in [-0.05, 0) is 25.5 Å². The summed E-state index contributed by atoms with van der Waals surface area (Å²) >= 11 is 6.21. The van der Waals surface area contributed by atoms with Gasteiger partial charge in [-0.1, -0.05) is 29.8 Å². The summed E-state index contributed by atoms with van der Waals surface area (Å²) in [5.41, 5.74) is 4.67. The lowest BCUT2D eigenvalue weighted by Crippen LogP contribution is -1.95. The Morgan fingerprint density at radius 3 is 2.41 bits per heavy atom. The first-order chi connectivity index (χ1) is 8.07. The van der Waals surface area contributed by atoms with Crippen LogP contribution in [0, 0.1) is 13.8 Å². The van der Waals surface area contributed by atoms with Crippen molar-refractivity contribution < 1.29 is 4.79 Å². The minimum atomic E-state index is 0.702. The smallest absolute Gasteiger partial charge is 0.152 e. The average Bonchev–Trinajstić information content (AvgIpc) is 2.52. The lowest BCUT2D eigenvalue weighted by Gasteiger charge is -2.08. The maximum absolute atomic E-state index is 11.1. The zero-order valence-electron chi connectivity index (χ0n) is 10.1. The van der Waals surface area contributed by atoms with Crippen molar-refractivity contribution in [2.24, 2.45) is 7.05 Å². The van der Waals surface area contributed by atoms with E-state index in [1.54, 1.807) is 0 Å². The van der Waals surface area contributed by atoms with Gasteiger partial charge in [-0.15, -0.1) is 0 Å². The Balaban J connectivity index is 2.77. The molecule has 0 aliphatic heterocycles. The van der Waals surface area contributed by atoms with E-state index < -0.39 is 0 Å². The fraction of sp³-hybridized carbons (Fsp3) is 0.214. The number of carbonyl (C=O) groups is 1. The van der Waals surface area contributed by atoms with E-state index in [0.717, 1.165) is 34.4 Å². The molecule has 3 heteroatoms. The quantitative estimate of drug-likeness (QED) is 0.741. The molecule has 2 nitrogen and oxygen atoms in total. The standard InChI is InChI=1S/C14H14ClNO/c1-9-12(8-17)10(2)16(3)14(9)11-6-4-5-7-13(11)15/h4-8H,1-3H3. The highest BCUT2D eigenvalue weighted by Gasteiger charge is 2.17. The molecule has 1 aromatic carbocycles. The zero-order valence-corrected chi connectivity index (χ0v) is 10.9. The molecule has 0 unspecified atom stereocenters. The van der Waals surface area contributed by atoms with Crippen molar-refractivity contribution in [1.82, 2.24) is 4.57 Å². The lowest BCUT2D eigenvalue weighted by atomic mass is 10.1. The van der Waals surface area contributed by atoms with Crippen LogP contribution in [0.2, 0.25) is 5.02 Å². The number of benzene rings is 1. The molecule has 0 saturated carbocycles. The van der Waals surface area contributed by atoms with E-state index in [2.05, 4.69) is 0 Å². The van der Waals surface area contributed by atoms with Crippen molar-refractivity contribution in [1.29, 1.82) is 0 Å². The molecule has 2 aromatic rings. The van der Waals surface area contributed by atoms with Gasteiger partial charge in [0, 0.05) is 28.9 Å². The second-order valence-corrected chi connectivity index (χ2v) is 4.54. The fourth-order valence-corrected chi connectivity index (χ4v) is 2.43. The molecule has 17 heavy (non-hydrogen) atoms. The number of aromatic nitrogens is 1. The number of halogens is 1. The van der Waals surface area contributed by atoms with E-state index in [0.29, 0.717) is 5.02 Å². The summed E-state index contributed by atoms with van der Waals surface area (Å²) in [4.78, 5) is 11.1. The molecule has 0 atom stereocenters. The molecule has 1 aromatic heterocycles. The molecule has 0 N–H and O–H groups in total. The predicted octanol–water partition coefficient (Wildman–Crippen LogP) is 3.77. The van der Waals surface area contributed by atoms with Crippen LogP contribution in [0.15, 0.2) is 24.3 Å². The zero-order chi connectivity index (χ0) is 12.6.